The van der Waals surface area contributed by atoms with Crippen LogP contribution >= 0.6 is 0 Å². The van der Waals surface area contributed by atoms with Gasteiger partial charge in [-0.15, -0.1) is 0 Å². The third kappa shape index (κ3) is 2.81. The van der Waals surface area contributed by atoms with Crippen LogP contribution in [-0.2, 0) is 17.6 Å². The Morgan fingerprint density at radius 3 is 2.54 bits per heavy atom. The minimum atomic E-state index is -0.701. The van der Waals surface area contributed by atoms with Gasteiger partial charge in [-0.05, 0) is 24.1 Å². The number of amides is 1. The number of hydrogen-bond acceptors (Lipinski definition) is 5. The highest BCUT2D eigenvalue weighted by Crippen LogP contribution is 2.30. The third-order valence-corrected chi connectivity index (χ3v) is 4.01. The van der Waals surface area contributed by atoms with E-state index in [2.05, 4.69) is 0 Å². The van der Waals surface area contributed by atoms with Crippen molar-refractivity contribution in [3.8, 4) is 0 Å². The predicted molar refractivity (Wildman–Crippen MR) is 86.0 cm³/mol. The molecule has 8 heteroatoms. The summed E-state index contributed by atoms with van der Waals surface area (Å²) in [5.41, 5.74) is 1.26. The first-order valence-corrected chi connectivity index (χ1v) is 7.27. The fraction of sp³-hybridized carbons (Fsp3) is 0.188. The van der Waals surface area contributed by atoms with Gasteiger partial charge in [-0.2, -0.15) is 0 Å². The number of nitro benzene ring substituents is 2. The van der Waals surface area contributed by atoms with Crippen LogP contribution in [0.3, 0.4) is 0 Å². The lowest BCUT2D eigenvalue weighted by molar-refractivity contribution is -0.394. The summed E-state index contributed by atoms with van der Waals surface area (Å²) in [5, 5.41) is 21.9. The average Bonchev–Trinajstić information content (AvgIpc) is 2.98. The van der Waals surface area contributed by atoms with Crippen LogP contribution in [0.25, 0.3) is 0 Å². The molecule has 0 aliphatic carbocycles. The van der Waals surface area contributed by atoms with Crippen molar-refractivity contribution in [3.63, 3.8) is 0 Å². The second kappa shape index (κ2) is 6.07. The molecule has 0 aromatic heterocycles. The topological polar surface area (TPSA) is 107 Å². The molecule has 0 bridgehead atoms. The van der Waals surface area contributed by atoms with Gasteiger partial charge in [-0.25, -0.2) is 0 Å². The maximum atomic E-state index is 12.5. The Balaban J connectivity index is 1.87. The summed E-state index contributed by atoms with van der Waals surface area (Å²) in [5.74, 6) is -0.267. The molecule has 8 nitrogen and oxygen atoms in total. The van der Waals surface area contributed by atoms with Crippen LogP contribution in [0.4, 0.5) is 17.1 Å². The normalized spacial score (nSPS) is 12.8. The first-order chi connectivity index (χ1) is 11.5. The first-order valence-electron chi connectivity index (χ1n) is 7.27. The molecule has 0 saturated carbocycles. The lowest BCUT2D eigenvalue weighted by atomic mass is 10.1. The smallest absolute Gasteiger partial charge is 0.279 e. The van der Waals surface area contributed by atoms with Crippen molar-refractivity contribution in [2.24, 2.45) is 0 Å². The van der Waals surface area contributed by atoms with Gasteiger partial charge in [0.2, 0.25) is 5.91 Å². The van der Waals surface area contributed by atoms with Gasteiger partial charge in [0.1, 0.15) is 0 Å². The van der Waals surface area contributed by atoms with Crippen LogP contribution < -0.4 is 4.90 Å². The molecule has 0 atom stereocenters. The van der Waals surface area contributed by atoms with Crippen LogP contribution in [-0.4, -0.2) is 22.3 Å². The molecule has 1 aliphatic heterocycles. The van der Waals surface area contributed by atoms with Crippen molar-refractivity contribution in [3.05, 3.63) is 73.8 Å². The fourth-order valence-corrected chi connectivity index (χ4v) is 2.84. The maximum absolute atomic E-state index is 12.5. The van der Waals surface area contributed by atoms with E-state index in [1.807, 2.05) is 24.3 Å². The van der Waals surface area contributed by atoms with E-state index in [1.54, 1.807) is 4.90 Å². The van der Waals surface area contributed by atoms with Gasteiger partial charge in [-0.3, -0.25) is 25.0 Å². The van der Waals surface area contributed by atoms with E-state index >= 15 is 0 Å². The van der Waals surface area contributed by atoms with E-state index in [9.17, 15) is 25.0 Å². The van der Waals surface area contributed by atoms with E-state index < -0.39 is 15.5 Å². The van der Waals surface area contributed by atoms with E-state index in [0.29, 0.717) is 6.54 Å². The number of nitro groups is 2. The molecule has 1 heterocycles. The molecule has 0 fully saturated rings. The molecular formula is C16H13N3O5. The summed E-state index contributed by atoms with van der Waals surface area (Å²) in [4.78, 5) is 34.7. The summed E-state index contributed by atoms with van der Waals surface area (Å²) in [6.07, 6.45) is 0.562. The fourth-order valence-electron chi connectivity index (χ4n) is 2.84. The van der Waals surface area contributed by atoms with Gasteiger partial charge in [0.05, 0.1) is 22.3 Å². The zero-order chi connectivity index (χ0) is 17.3. The Morgan fingerprint density at radius 1 is 1.08 bits per heavy atom. The molecule has 2 aromatic carbocycles. The van der Waals surface area contributed by atoms with Gasteiger partial charge in [0, 0.05) is 23.9 Å². The van der Waals surface area contributed by atoms with Crippen molar-refractivity contribution >= 4 is 23.0 Å². The molecule has 24 heavy (non-hydrogen) atoms. The molecule has 0 spiro atoms. The first kappa shape index (κ1) is 15.6. The number of carbonyl (C=O) groups is 1. The number of non-ortho nitro benzene ring substituents is 1. The Kier molecular flexibility index (Phi) is 3.95. The van der Waals surface area contributed by atoms with Crippen molar-refractivity contribution in [2.45, 2.75) is 12.8 Å². The minimum absolute atomic E-state index is 0.167. The highest BCUT2D eigenvalue weighted by atomic mass is 16.6. The standard InChI is InChI=1S/C16H13N3O5/c20-16(17-8-7-11-3-1-2-4-14(11)17)9-12-5-6-13(18(21)22)10-15(12)19(23)24/h1-6,10H,7-9H2. The molecule has 0 radical (unpaired) electrons. The van der Waals surface area contributed by atoms with E-state index in [4.69, 9.17) is 0 Å². The monoisotopic (exact) mass is 327 g/mol. The van der Waals surface area contributed by atoms with E-state index in [0.717, 1.165) is 23.7 Å². The lowest BCUT2D eigenvalue weighted by Gasteiger charge is -2.17. The molecule has 3 rings (SSSR count). The number of anilines is 1. The van der Waals surface area contributed by atoms with Crippen LogP contribution in [0.5, 0.6) is 0 Å². The van der Waals surface area contributed by atoms with Gasteiger partial charge in [0.25, 0.3) is 11.4 Å². The number of rotatable bonds is 4. The summed E-state index contributed by atoms with van der Waals surface area (Å²) in [6, 6.07) is 10.8. The van der Waals surface area contributed by atoms with Gasteiger partial charge < -0.3 is 4.90 Å². The largest absolute Gasteiger partial charge is 0.312 e. The second-order valence-electron chi connectivity index (χ2n) is 5.43. The van der Waals surface area contributed by atoms with E-state index in [-0.39, 0.29) is 23.6 Å². The summed E-state index contributed by atoms with van der Waals surface area (Å²) in [6.45, 7) is 0.527. The maximum Gasteiger partial charge on any atom is 0.279 e. The second-order valence-corrected chi connectivity index (χ2v) is 5.43. The molecule has 0 N–H and O–H groups in total. The number of para-hydroxylation sites is 1. The Labute approximate surface area is 136 Å². The number of benzene rings is 2. The number of fused-ring (bicyclic) bond motifs is 1. The Bertz CT molecular complexity index is 849. The summed E-state index contributed by atoms with van der Waals surface area (Å²) < 4.78 is 0. The molecule has 1 aliphatic rings. The quantitative estimate of drug-likeness (QED) is 0.634. The lowest BCUT2D eigenvalue weighted by Crippen LogP contribution is -2.30. The van der Waals surface area contributed by atoms with E-state index in [1.165, 1.54) is 12.1 Å². The van der Waals surface area contributed by atoms with Crippen molar-refractivity contribution in [2.75, 3.05) is 11.4 Å². The highest BCUT2D eigenvalue weighted by molar-refractivity contribution is 5.97. The molecule has 0 saturated heterocycles. The Hall–Kier alpha value is -3.29. The molecule has 2 aromatic rings. The van der Waals surface area contributed by atoms with Crippen LogP contribution in [0.15, 0.2) is 42.5 Å². The van der Waals surface area contributed by atoms with Crippen molar-refractivity contribution < 1.29 is 14.6 Å². The molecular weight excluding hydrogens is 314 g/mol. The van der Waals surface area contributed by atoms with Crippen LogP contribution in [0, 0.1) is 20.2 Å². The molecule has 0 unspecified atom stereocenters. The zero-order valence-corrected chi connectivity index (χ0v) is 12.5. The minimum Gasteiger partial charge on any atom is -0.312 e. The highest BCUT2D eigenvalue weighted by Gasteiger charge is 2.27. The SMILES string of the molecule is O=C(Cc1ccc([N+](=O)[O-])cc1[N+](=O)[O-])N1CCc2ccccc21. The number of carbonyl (C=O) groups excluding carboxylic acids is 1. The van der Waals surface area contributed by atoms with Gasteiger partial charge in [-0.1, -0.05) is 18.2 Å². The third-order valence-electron chi connectivity index (χ3n) is 4.01. The van der Waals surface area contributed by atoms with Crippen molar-refractivity contribution in [1.82, 2.24) is 0 Å². The van der Waals surface area contributed by atoms with Crippen LogP contribution in [0.1, 0.15) is 11.1 Å². The Morgan fingerprint density at radius 2 is 1.83 bits per heavy atom. The molecule has 1 amide bonds. The van der Waals surface area contributed by atoms with Gasteiger partial charge in [0.15, 0.2) is 0 Å². The summed E-state index contributed by atoms with van der Waals surface area (Å²) in [7, 11) is 0. The predicted octanol–water partition coefficient (Wildman–Crippen LogP) is 2.63. The summed E-state index contributed by atoms with van der Waals surface area (Å²) >= 11 is 0. The average molecular weight is 327 g/mol. The van der Waals surface area contributed by atoms with Crippen LogP contribution in [0.2, 0.25) is 0 Å². The number of nitrogens with zero attached hydrogens (tertiary/aromatic N) is 3. The van der Waals surface area contributed by atoms with Crippen molar-refractivity contribution in [1.29, 1.82) is 0 Å². The zero-order valence-electron chi connectivity index (χ0n) is 12.5. The molecule has 122 valence electrons. The number of hydrogen-bond donors (Lipinski definition) is 0. The van der Waals surface area contributed by atoms with Gasteiger partial charge >= 0.3 is 0 Å².